The molecule has 8 heteroatoms. The zero-order valence-electron chi connectivity index (χ0n) is 12.1. The monoisotopic (exact) mass is 308 g/mol. The number of hydrogen-bond acceptors (Lipinski definition) is 4. The summed E-state index contributed by atoms with van der Waals surface area (Å²) in [5.74, 6) is 0.528. The van der Waals surface area contributed by atoms with E-state index in [4.69, 9.17) is 4.42 Å². The van der Waals surface area contributed by atoms with E-state index in [2.05, 4.69) is 5.32 Å². The van der Waals surface area contributed by atoms with Crippen molar-refractivity contribution >= 4 is 5.91 Å². The first-order valence-electron chi connectivity index (χ1n) is 6.35. The molecule has 1 unspecified atom stereocenters. The second-order valence-corrected chi connectivity index (χ2v) is 5.10. The maximum atomic E-state index is 11.9. The third kappa shape index (κ3) is 5.76. The summed E-state index contributed by atoms with van der Waals surface area (Å²) in [6.45, 7) is 3.07. The average molecular weight is 308 g/mol. The number of aryl methyl sites for hydroxylation is 2. The van der Waals surface area contributed by atoms with E-state index < -0.39 is 30.8 Å². The van der Waals surface area contributed by atoms with Crippen LogP contribution >= 0.6 is 0 Å². The largest absolute Gasteiger partial charge is 0.466 e. The zero-order chi connectivity index (χ0) is 16.3. The highest BCUT2D eigenvalue weighted by atomic mass is 19.4. The third-order valence-electron chi connectivity index (χ3n) is 2.86. The fraction of sp³-hybridized carbons (Fsp3) is 0.615. The molecule has 120 valence electrons. The molecular formula is C13H19F3N2O3. The third-order valence-corrected chi connectivity index (χ3v) is 2.86. The Hall–Kier alpha value is -1.54. The highest BCUT2D eigenvalue weighted by molar-refractivity contribution is 5.78. The number of furan rings is 1. The molecule has 0 aliphatic heterocycles. The van der Waals surface area contributed by atoms with Crippen molar-refractivity contribution in [3.63, 3.8) is 0 Å². The Morgan fingerprint density at radius 2 is 1.95 bits per heavy atom. The Bertz CT molecular complexity index is 495. The van der Waals surface area contributed by atoms with Gasteiger partial charge in [-0.25, -0.2) is 0 Å². The molecule has 1 atom stereocenters. The summed E-state index contributed by atoms with van der Waals surface area (Å²) >= 11 is 0. The van der Waals surface area contributed by atoms with Gasteiger partial charge in [-0.1, -0.05) is 0 Å². The summed E-state index contributed by atoms with van der Waals surface area (Å²) in [4.78, 5) is 11.4. The molecule has 0 aliphatic rings. The first-order chi connectivity index (χ1) is 9.51. The van der Waals surface area contributed by atoms with Crippen LogP contribution in [0.2, 0.25) is 0 Å². The van der Waals surface area contributed by atoms with E-state index >= 15 is 0 Å². The minimum Gasteiger partial charge on any atom is -0.466 e. The van der Waals surface area contributed by atoms with Gasteiger partial charge in [0.1, 0.15) is 17.1 Å². The molecule has 1 amide bonds. The lowest BCUT2D eigenvalue weighted by atomic mass is 9.96. The molecule has 0 radical (unpaired) electrons. The summed E-state index contributed by atoms with van der Waals surface area (Å²) in [6.07, 6.45) is -4.36. The molecule has 1 rings (SSSR count). The summed E-state index contributed by atoms with van der Waals surface area (Å²) in [7, 11) is 0. The van der Waals surface area contributed by atoms with Crippen LogP contribution in [0.1, 0.15) is 24.0 Å². The van der Waals surface area contributed by atoms with Crippen LogP contribution in [0, 0.1) is 13.8 Å². The minimum absolute atomic E-state index is 0.126. The predicted octanol–water partition coefficient (Wildman–Crippen LogP) is 1.37. The van der Waals surface area contributed by atoms with Crippen molar-refractivity contribution in [3.8, 4) is 0 Å². The summed E-state index contributed by atoms with van der Waals surface area (Å²) in [6, 6.07) is 1.66. The van der Waals surface area contributed by atoms with Gasteiger partial charge < -0.3 is 20.2 Å². The lowest BCUT2D eigenvalue weighted by Gasteiger charge is -2.23. The van der Waals surface area contributed by atoms with Crippen LogP contribution < -0.4 is 10.6 Å². The lowest BCUT2D eigenvalue weighted by molar-refractivity contribution is -0.129. The molecule has 0 aliphatic carbocycles. The van der Waals surface area contributed by atoms with Gasteiger partial charge in [0.25, 0.3) is 0 Å². The molecule has 1 aromatic rings. The van der Waals surface area contributed by atoms with Gasteiger partial charge in [-0.05, 0) is 26.8 Å². The van der Waals surface area contributed by atoms with Crippen LogP contribution in [0.15, 0.2) is 10.5 Å². The quantitative estimate of drug-likeness (QED) is 0.742. The number of alkyl halides is 3. The van der Waals surface area contributed by atoms with Crippen molar-refractivity contribution < 1.29 is 27.5 Å². The van der Waals surface area contributed by atoms with E-state index in [0.717, 1.165) is 0 Å². The molecule has 1 heterocycles. The standard InChI is InChI=1S/C13H19F3N2O3/c1-8-4-10(9(2)21-8)12(3,20)6-18-11(19)5-17-7-13(14,15)16/h4,17,20H,5-7H2,1-3H3,(H,18,19). The molecule has 0 bridgehead atoms. The van der Waals surface area contributed by atoms with Gasteiger partial charge in [-0.15, -0.1) is 0 Å². The van der Waals surface area contributed by atoms with Gasteiger partial charge in [0.05, 0.1) is 19.6 Å². The maximum absolute atomic E-state index is 11.9. The summed E-state index contributed by atoms with van der Waals surface area (Å²) in [5.41, 5.74) is -0.829. The predicted molar refractivity (Wildman–Crippen MR) is 69.7 cm³/mol. The Morgan fingerprint density at radius 3 is 2.43 bits per heavy atom. The number of amides is 1. The van der Waals surface area contributed by atoms with Crippen molar-refractivity contribution in [3.05, 3.63) is 23.2 Å². The van der Waals surface area contributed by atoms with Crippen molar-refractivity contribution in [1.82, 2.24) is 10.6 Å². The van der Waals surface area contributed by atoms with Gasteiger partial charge >= 0.3 is 6.18 Å². The number of nitrogens with one attached hydrogen (secondary N) is 2. The highest BCUT2D eigenvalue weighted by Gasteiger charge is 2.29. The fourth-order valence-electron chi connectivity index (χ4n) is 1.91. The van der Waals surface area contributed by atoms with E-state index in [0.29, 0.717) is 17.1 Å². The van der Waals surface area contributed by atoms with Crippen LogP contribution in [-0.4, -0.2) is 36.8 Å². The number of hydrogen-bond donors (Lipinski definition) is 3. The van der Waals surface area contributed by atoms with Crippen molar-refractivity contribution in [2.75, 3.05) is 19.6 Å². The first-order valence-corrected chi connectivity index (χ1v) is 6.35. The molecule has 0 saturated carbocycles. The minimum atomic E-state index is -4.36. The Morgan fingerprint density at radius 1 is 1.33 bits per heavy atom. The Labute approximate surface area is 120 Å². The average Bonchev–Trinajstić information content (AvgIpc) is 2.65. The van der Waals surface area contributed by atoms with E-state index in [1.54, 1.807) is 19.9 Å². The SMILES string of the molecule is Cc1cc(C(C)(O)CNC(=O)CNCC(F)(F)F)c(C)o1. The Kier molecular flexibility index (Phi) is 5.41. The number of halogens is 3. The van der Waals surface area contributed by atoms with Crippen LogP contribution in [-0.2, 0) is 10.4 Å². The van der Waals surface area contributed by atoms with Gasteiger partial charge in [0.2, 0.25) is 5.91 Å². The lowest BCUT2D eigenvalue weighted by Crippen LogP contribution is -2.43. The van der Waals surface area contributed by atoms with E-state index in [1.165, 1.54) is 6.92 Å². The van der Waals surface area contributed by atoms with Gasteiger partial charge in [-0.2, -0.15) is 13.2 Å². The van der Waals surface area contributed by atoms with Crippen LogP contribution in [0.3, 0.4) is 0 Å². The number of aliphatic hydroxyl groups is 1. The topological polar surface area (TPSA) is 74.5 Å². The second-order valence-electron chi connectivity index (χ2n) is 5.10. The number of carbonyl (C=O) groups excluding carboxylic acids is 1. The van der Waals surface area contributed by atoms with Crippen LogP contribution in [0.25, 0.3) is 0 Å². The van der Waals surface area contributed by atoms with Crippen molar-refractivity contribution in [2.24, 2.45) is 0 Å². The van der Waals surface area contributed by atoms with E-state index in [9.17, 15) is 23.1 Å². The molecule has 3 N–H and O–H groups in total. The zero-order valence-corrected chi connectivity index (χ0v) is 12.1. The highest BCUT2D eigenvalue weighted by Crippen LogP contribution is 2.26. The van der Waals surface area contributed by atoms with Gasteiger partial charge in [-0.3, -0.25) is 4.79 Å². The molecule has 5 nitrogen and oxygen atoms in total. The molecule has 0 fully saturated rings. The molecule has 0 saturated heterocycles. The van der Waals surface area contributed by atoms with E-state index in [1.807, 2.05) is 5.32 Å². The van der Waals surface area contributed by atoms with Crippen molar-refractivity contribution in [2.45, 2.75) is 32.5 Å². The van der Waals surface area contributed by atoms with Gasteiger partial charge in [0.15, 0.2) is 0 Å². The fourth-order valence-corrected chi connectivity index (χ4v) is 1.91. The van der Waals surface area contributed by atoms with Crippen LogP contribution in [0.4, 0.5) is 13.2 Å². The van der Waals surface area contributed by atoms with Gasteiger partial charge in [0, 0.05) is 5.56 Å². The summed E-state index contributed by atoms with van der Waals surface area (Å²) in [5, 5.41) is 14.7. The molecular weight excluding hydrogens is 289 g/mol. The number of rotatable bonds is 6. The maximum Gasteiger partial charge on any atom is 0.401 e. The first kappa shape index (κ1) is 17.5. The summed E-state index contributed by atoms with van der Waals surface area (Å²) < 4.78 is 41.0. The van der Waals surface area contributed by atoms with Crippen LogP contribution in [0.5, 0.6) is 0 Å². The molecule has 0 aromatic carbocycles. The normalized spacial score (nSPS) is 14.8. The van der Waals surface area contributed by atoms with Crippen molar-refractivity contribution in [1.29, 1.82) is 0 Å². The molecule has 1 aromatic heterocycles. The number of carbonyl (C=O) groups is 1. The van der Waals surface area contributed by atoms with E-state index in [-0.39, 0.29) is 6.54 Å². The molecule has 0 spiro atoms. The Balaban J connectivity index is 2.46. The smallest absolute Gasteiger partial charge is 0.401 e. The second kappa shape index (κ2) is 6.48. The molecule has 21 heavy (non-hydrogen) atoms.